The molecule has 0 N–H and O–H groups in total. The first-order valence-corrected chi connectivity index (χ1v) is 9.67. The number of aromatic nitrogens is 3. The predicted octanol–water partition coefficient (Wildman–Crippen LogP) is 2.71. The van der Waals surface area contributed by atoms with Crippen molar-refractivity contribution in [1.82, 2.24) is 19.9 Å². The Morgan fingerprint density at radius 3 is 2.41 bits per heavy atom. The monoisotopic (exact) mass is 400 g/mol. The third-order valence-electron chi connectivity index (χ3n) is 5.52. The van der Waals surface area contributed by atoms with Crippen molar-refractivity contribution in [3.8, 4) is 0 Å². The molecule has 1 aromatic carbocycles. The zero-order valence-corrected chi connectivity index (χ0v) is 17.6. The van der Waals surface area contributed by atoms with E-state index in [2.05, 4.69) is 48.1 Å². The highest BCUT2D eigenvalue weighted by molar-refractivity contribution is 6.00. The summed E-state index contributed by atoms with van der Waals surface area (Å²) in [6.07, 6.45) is 0.785. The molecule has 0 spiro atoms. The molecule has 0 saturated carbocycles. The fraction of sp³-hybridized carbons (Fsp3) is 0.524. The molecule has 2 aromatic rings. The fourth-order valence-corrected chi connectivity index (χ4v) is 4.09. The molecule has 0 amide bonds. The summed E-state index contributed by atoms with van der Waals surface area (Å²) >= 11 is 0. The number of methoxy groups -OCH3 is 2. The lowest BCUT2D eigenvalue weighted by atomic mass is 9.78. The molecule has 1 aromatic heterocycles. The Hall–Kier alpha value is -2.74. The Morgan fingerprint density at radius 1 is 1.14 bits per heavy atom. The molecule has 1 fully saturated rings. The highest BCUT2D eigenvalue weighted by Gasteiger charge is 2.42. The number of hydrogen-bond acceptors (Lipinski definition) is 7. The smallest absolute Gasteiger partial charge is 0.361 e. The SMILES string of the molecule is COC(=O)c1nnn([C@H]2CC(C)(C)CN(Cc3ccccc3)[C@@H]2C)c1C(=O)OC. The van der Waals surface area contributed by atoms with Gasteiger partial charge in [0.1, 0.15) is 0 Å². The van der Waals surface area contributed by atoms with Gasteiger partial charge in [0.15, 0.2) is 5.69 Å². The van der Waals surface area contributed by atoms with Crippen LogP contribution >= 0.6 is 0 Å². The number of esters is 2. The van der Waals surface area contributed by atoms with Gasteiger partial charge in [-0.05, 0) is 24.3 Å². The zero-order chi connectivity index (χ0) is 21.2. The van der Waals surface area contributed by atoms with E-state index in [1.54, 1.807) is 4.68 Å². The Labute approximate surface area is 170 Å². The van der Waals surface area contributed by atoms with Gasteiger partial charge in [-0.1, -0.05) is 49.4 Å². The summed E-state index contributed by atoms with van der Waals surface area (Å²) < 4.78 is 11.2. The summed E-state index contributed by atoms with van der Waals surface area (Å²) in [6.45, 7) is 8.20. The van der Waals surface area contributed by atoms with Gasteiger partial charge >= 0.3 is 11.9 Å². The molecule has 0 unspecified atom stereocenters. The van der Waals surface area contributed by atoms with Gasteiger partial charge in [-0.25, -0.2) is 14.3 Å². The summed E-state index contributed by atoms with van der Waals surface area (Å²) in [4.78, 5) is 27.0. The Bertz CT molecular complexity index is 878. The van der Waals surface area contributed by atoms with Crippen LogP contribution in [0.15, 0.2) is 30.3 Å². The van der Waals surface area contributed by atoms with Crippen LogP contribution in [0.25, 0.3) is 0 Å². The minimum Gasteiger partial charge on any atom is -0.464 e. The van der Waals surface area contributed by atoms with Crippen LogP contribution in [-0.4, -0.2) is 58.6 Å². The minimum atomic E-state index is -0.708. The Balaban J connectivity index is 1.99. The first kappa shape index (κ1) is 21.0. The van der Waals surface area contributed by atoms with E-state index in [1.807, 2.05) is 18.2 Å². The maximum atomic E-state index is 12.5. The van der Waals surface area contributed by atoms with Crippen molar-refractivity contribution < 1.29 is 19.1 Å². The minimum absolute atomic E-state index is 0.0171. The standard InChI is InChI=1S/C21H28N4O4/c1-14-16(25-18(20(27)29-5)17(22-23-25)19(26)28-4)11-21(2,3)13-24(14)12-15-9-7-6-8-10-15/h6-10,14,16H,11-13H2,1-5H3/t14-,16+/m1/s1. The lowest BCUT2D eigenvalue weighted by Gasteiger charge is -2.47. The van der Waals surface area contributed by atoms with Crippen LogP contribution in [0.4, 0.5) is 0 Å². The second kappa shape index (κ2) is 8.32. The number of benzene rings is 1. The number of carbonyl (C=O) groups excluding carboxylic acids is 2. The van der Waals surface area contributed by atoms with Crippen LogP contribution in [0.5, 0.6) is 0 Å². The molecule has 8 heteroatoms. The first-order chi connectivity index (χ1) is 13.8. The maximum Gasteiger partial charge on any atom is 0.361 e. The molecule has 29 heavy (non-hydrogen) atoms. The van der Waals surface area contributed by atoms with E-state index in [0.29, 0.717) is 0 Å². The summed E-state index contributed by atoms with van der Waals surface area (Å²) in [6, 6.07) is 10.2. The number of piperidine rings is 1. The van der Waals surface area contributed by atoms with Gasteiger partial charge in [-0.15, -0.1) is 5.10 Å². The molecule has 8 nitrogen and oxygen atoms in total. The lowest BCUT2D eigenvalue weighted by molar-refractivity contribution is 0.0160. The van der Waals surface area contributed by atoms with E-state index >= 15 is 0 Å². The van der Waals surface area contributed by atoms with Crippen LogP contribution in [-0.2, 0) is 16.0 Å². The molecule has 1 aliphatic heterocycles. The molecule has 1 saturated heterocycles. The molecule has 0 radical (unpaired) electrons. The van der Waals surface area contributed by atoms with Crippen LogP contribution in [0.3, 0.4) is 0 Å². The average molecular weight is 400 g/mol. The van der Waals surface area contributed by atoms with Crippen LogP contribution in [0.1, 0.15) is 59.8 Å². The van der Waals surface area contributed by atoms with Gasteiger partial charge in [0, 0.05) is 19.1 Å². The molecule has 0 aliphatic carbocycles. The van der Waals surface area contributed by atoms with Gasteiger partial charge in [-0.3, -0.25) is 4.90 Å². The third kappa shape index (κ3) is 4.32. The topological polar surface area (TPSA) is 86.5 Å². The van der Waals surface area contributed by atoms with Crippen molar-refractivity contribution in [3.63, 3.8) is 0 Å². The Morgan fingerprint density at radius 2 is 1.79 bits per heavy atom. The summed E-state index contributed by atoms with van der Waals surface area (Å²) in [5.41, 5.74) is 1.12. The van der Waals surface area contributed by atoms with Crippen LogP contribution < -0.4 is 0 Å². The lowest BCUT2D eigenvalue weighted by Crippen LogP contribution is -2.51. The van der Waals surface area contributed by atoms with Crippen molar-refractivity contribution in [2.45, 2.75) is 45.8 Å². The van der Waals surface area contributed by atoms with Crippen molar-refractivity contribution in [2.75, 3.05) is 20.8 Å². The largest absolute Gasteiger partial charge is 0.464 e. The maximum absolute atomic E-state index is 12.5. The van der Waals surface area contributed by atoms with Gasteiger partial charge in [-0.2, -0.15) is 0 Å². The van der Waals surface area contributed by atoms with E-state index in [0.717, 1.165) is 19.5 Å². The average Bonchev–Trinajstić information content (AvgIpc) is 3.14. The van der Waals surface area contributed by atoms with Gasteiger partial charge in [0.25, 0.3) is 0 Å². The normalized spacial score (nSPS) is 21.6. The third-order valence-corrected chi connectivity index (χ3v) is 5.52. The summed E-state index contributed by atoms with van der Waals surface area (Å²) in [5, 5.41) is 8.12. The molecule has 2 atom stereocenters. The number of likely N-dealkylation sites (tertiary alicyclic amines) is 1. The number of ether oxygens (including phenoxy) is 2. The molecule has 0 bridgehead atoms. The Kier molecular flexibility index (Phi) is 6.02. The second-order valence-electron chi connectivity index (χ2n) is 8.28. The summed E-state index contributed by atoms with van der Waals surface area (Å²) in [5.74, 6) is -1.36. The van der Waals surface area contributed by atoms with E-state index < -0.39 is 11.9 Å². The van der Waals surface area contributed by atoms with Gasteiger partial charge in [0.05, 0.1) is 20.3 Å². The number of carbonyl (C=O) groups is 2. The van der Waals surface area contributed by atoms with Crippen molar-refractivity contribution in [2.24, 2.45) is 5.41 Å². The quantitative estimate of drug-likeness (QED) is 0.713. The van der Waals surface area contributed by atoms with E-state index in [1.165, 1.54) is 19.8 Å². The van der Waals surface area contributed by atoms with Gasteiger partial charge in [0.2, 0.25) is 5.69 Å². The van der Waals surface area contributed by atoms with Gasteiger partial charge < -0.3 is 9.47 Å². The molecular weight excluding hydrogens is 372 g/mol. The van der Waals surface area contributed by atoms with Crippen LogP contribution in [0, 0.1) is 5.41 Å². The molecule has 1 aliphatic rings. The number of rotatable bonds is 5. The predicted molar refractivity (Wildman–Crippen MR) is 106 cm³/mol. The first-order valence-electron chi connectivity index (χ1n) is 9.67. The highest BCUT2D eigenvalue weighted by Crippen LogP contribution is 2.39. The van der Waals surface area contributed by atoms with Crippen molar-refractivity contribution in [3.05, 3.63) is 47.3 Å². The molecular formula is C21H28N4O4. The molecule has 3 rings (SSSR count). The van der Waals surface area contributed by atoms with E-state index in [9.17, 15) is 9.59 Å². The van der Waals surface area contributed by atoms with E-state index in [-0.39, 0.29) is 28.9 Å². The second-order valence-corrected chi connectivity index (χ2v) is 8.28. The summed E-state index contributed by atoms with van der Waals surface area (Å²) in [7, 11) is 2.52. The van der Waals surface area contributed by atoms with Crippen LogP contribution in [0.2, 0.25) is 0 Å². The highest BCUT2D eigenvalue weighted by atomic mass is 16.5. The zero-order valence-electron chi connectivity index (χ0n) is 17.6. The van der Waals surface area contributed by atoms with Crippen molar-refractivity contribution >= 4 is 11.9 Å². The molecule has 156 valence electrons. The number of nitrogens with zero attached hydrogens (tertiary/aromatic N) is 4. The fourth-order valence-electron chi connectivity index (χ4n) is 4.09. The number of hydrogen-bond donors (Lipinski definition) is 0. The van der Waals surface area contributed by atoms with E-state index in [4.69, 9.17) is 9.47 Å². The van der Waals surface area contributed by atoms with Crippen molar-refractivity contribution in [1.29, 1.82) is 0 Å². The molecule has 2 heterocycles.